The van der Waals surface area contributed by atoms with E-state index in [0.717, 1.165) is 6.42 Å². The van der Waals surface area contributed by atoms with Gasteiger partial charge in [-0.1, -0.05) is 19.1 Å². The van der Waals surface area contributed by atoms with Gasteiger partial charge in [-0.3, -0.25) is 4.79 Å². The SMILES string of the molecule is CCC(C)NC(=O)C(C)Oc1c(F)cccc1CCN. The second kappa shape index (κ2) is 7.85. The van der Waals surface area contributed by atoms with Crippen LogP contribution in [-0.4, -0.2) is 24.6 Å². The van der Waals surface area contributed by atoms with Crippen molar-refractivity contribution in [2.75, 3.05) is 6.54 Å². The van der Waals surface area contributed by atoms with Crippen LogP contribution in [0.4, 0.5) is 4.39 Å². The average Bonchev–Trinajstić information content (AvgIpc) is 2.42. The van der Waals surface area contributed by atoms with Gasteiger partial charge in [-0.05, 0) is 44.9 Å². The van der Waals surface area contributed by atoms with Crippen molar-refractivity contribution in [1.82, 2.24) is 5.32 Å². The van der Waals surface area contributed by atoms with E-state index in [1.807, 2.05) is 13.8 Å². The van der Waals surface area contributed by atoms with Crippen LogP contribution >= 0.6 is 0 Å². The standard InChI is InChI=1S/C15H23FN2O2/c1-4-10(2)18-15(19)11(3)20-14-12(8-9-17)6-5-7-13(14)16/h5-7,10-11H,4,8-9,17H2,1-3H3,(H,18,19). The minimum atomic E-state index is -0.752. The molecule has 5 heteroatoms. The summed E-state index contributed by atoms with van der Waals surface area (Å²) in [5.41, 5.74) is 6.17. The van der Waals surface area contributed by atoms with Crippen molar-refractivity contribution in [1.29, 1.82) is 0 Å². The van der Waals surface area contributed by atoms with Crippen molar-refractivity contribution in [2.24, 2.45) is 5.73 Å². The number of nitrogens with two attached hydrogens (primary N) is 1. The lowest BCUT2D eigenvalue weighted by Crippen LogP contribution is -2.41. The Kier molecular flexibility index (Phi) is 6.45. The zero-order chi connectivity index (χ0) is 15.1. The first-order valence-electron chi connectivity index (χ1n) is 6.94. The number of carbonyl (C=O) groups is 1. The predicted molar refractivity (Wildman–Crippen MR) is 77.1 cm³/mol. The molecule has 1 rings (SSSR count). The molecule has 1 aromatic carbocycles. The maximum atomic E-state index is 13.8. The van der Waals surface area contributed by atoms with Crippen LogP contribution in [0.25, 0.3) is 0 Å². The van der Waals surface area contributed by atoms with Crippen molar-refractivity contribution in [2.45, 2.75) is 45.8 Å². The van der Waals surface area contributed by atoms with Crippen LogP contribution in [0.15, 0.2) is 18.2 Å². The highest BCUT2D eigenvalue weighted by atomic mass is 19.1. The average molecular weight is 282 g/mol. The van der Waals surface area contributed by atoms with Gasteiger partial charge in [0.25, 0.3) is 5.91 Å². The van der Waals surface area contributed by atoms with Crippen molar-refractivity contribution in [3.63, 3.8) is 0 Å². The molecule has 0 aliphatic rings. The molecule has 0 heterocycles. The van der Waals surface area contributed by atoms with Crippen LogP contribution in [0.3, 0.4) is 0 Å². The fourth-order valence-corrected chi connectivity index (χ4v) is 1.73. The number of para-hydroxylation sites is 1. The fraction of sp³-hybridized carbons (Fsp3) is 0.533. The van der Waals surface area contributed by atoms with Crippen LogP contribution in [0, 0.1) is 5.82 Å². The summed E-state index contributed by atoms with van der Waals surface area (Å²) in [6.07, 6.45) is 0.584. The van der Waals surface area contributed by atoms with Gasteiger partial charge in [0.15, 0.2) is 17.7 Å². The largest absolute Gasteiger partial charge is 0.478 e. The Morgan fingerprint density at radius 2 is 2.15 bits per heavy atom. The summed E-state index contributed by atoms with van der Waals surface area (Å²) in [6.45, 7) is 5.89. The van der Waals surface area contributed by atoms with Gasteiger partial charge in [0.2, 0.25) is 0 Å². The fourth-order valence-electron chi connectivity index (χ4n) is 1.73. The van der Waals surface area contributed by atoms with Gasteiger partial charge in [-0.2, -0.15) is 0 Å². The highest BCUT2D eigenvalue weighted by Gasteiger charge is 2.19. The van der Waals surface area contributed by atoms with E-state index in [0.29, 0.717) is 18.5 Å². The number of rotatable bonds is 7. The molecular formula is C15H23FN2O2. The topological polar surface area (TPSA) is 64.3 Å². The number of halogens is 1. The molecule has 0 fully saturated rings. The van der Waals surface area contributed by atoms with E-state index in [1.165, 1.54) is 6.07 Å². The second-order valence-electron chi connectivity index (χ2n) is 4.84. The van der Waals surface area contributed by atoms with E-state index < -0.39 is 11.9 Å². The number of nitrogens with one attached hydrogen (secondary N) is 1. The van der Waals surface area contributed by atoms with E-state index in [2.05, 4.69) is 5.32 Å². The van der Waals surface area contributed by atoms with Crippen LogP contribution in [0.2, 0.25) is 0 Å². The molecule has 0 saturated carbocycles. The highest BCUT2D eigenvalue weighted by Crippen LogP contribution is 2.24. The minimum Gasteiger partial charge on any atom is -0.478 e. The maximum Gasteiger partial charge on any atom is 0.260 e. The Bertz CT molecular complexity index is 451. The first-order chi connectivity index (χ1) is 9.49. The summed E-state index contributed by atoms with van der Waals surface area (Å²) in [5, 5.41) is 2.81. The Balaban J connectivity index is 2.79. The van der Waals surface area contributed by atoms with Gasteiger partial charge in [-0.15, -0.1) is 0 Å². The van der Waals surface area contributed by atoms with E-state index in [4.69, 9.17) is 10.5 Å². The Labute approximate surface area is 119 Å². The molecule has 4 nitrogen and oxygen atoms in total. The summed E-state index contributed by atoms with van der Waals surface area (Å²) in [4.78, 5) is 11.9. The summed E-state index contributed by atoms with van der Waals surface area (Å²) < 4.78 is 19.3. The van der Waals surface area contributed by atoms with Gasteiger partial charge in [0.05, 0.1) is 0 Å². The predicted octanol–water partition coefficient (Wildman–Crippen LogP) is 2.01. The molecule has 3 N–H and O–H groups in total. The molecule has 2 atom stereocenters. The van der Waals surface area contributed by atoms with E-state index >= 15 is 0 Å². The zero-order valence-electron chi connectivity index (χ0n) is 12.3. The van der Waals surface area contributed by atoms with Crippen LogP contribution in [0.5, 0.6) is 5.75 Å². The third-order valence-corrected chi connectivity index (χ3v) is 3.13. The lowest BCUT2D eigenvalue weighted by Gasteiger charge is -2.19. The Morgan fingerprint density at radius 1 is 1.45 bits per heavy atom. The molecule has 0 radical (unpaired) electrons. The van der Waals surface area contributed by atoms with Crippen molar-refractivity contribution < 1.29 is 13.9 Å². The number of amides is 1. The molecule has 1 aromatic rings. The third kappa shape index (κ3) is 4.49. The number of benzene rings is 1. The number of carbonyl (C=O) groups excluding carboxylic acids is 1. The van der Waals surface area contributed by atoms with Crippen LogP contribution in [-0.2, 0) is 11.2 Å². The zero-order valence-corrected chi connectivity index (χ0v) is 12.3. The summed E-state index contributed by atoms with van der Waals surface area (Å²) in [7, 11) is 0. The highest BCUT2D eigenvalue weighted by molar-refractivity contribution is 5.81. The van der Waals surface area contributed by atoms with Gasteiger partial charge >= 0.3 is 0 Å². The Morgan fingerprint density at radius 3 is 2.75 bits per heavy atom. The quantitative estimate of drug-likeness (QED) is 0.804. The van der Waals surface area contributed by atoms with Crippen LogP contribution in [0.1, 0.15) is 32.8 Å². The molecule has 2 unspecified atom stereocenters. The molecule has 112 valence electrons. The van der Waals surface area contributed by atoms with Crippen molar-refractivity contribution >= 4 is 5.91 Å². The normalized spacial score (nSPS) is 13.7. The molecule has 0 spiro atoms. The number of hydrogen-bond acceptors (Lipinski definition) is 3. The number of ether oxygens (including phenoxy) is 1. The van der Waals surface area contributed by atoms with Gasteiger partial charge in [0.1, 0.15) is 0 Å². The van der Waals surface area contributed by atoms with E-state index in [-0.39, 0.29) is 17.7 Å². The van der Waals surface area contributed by atoms with Gasteiger partial charge in [-0.25, -0.2) is 4.39 Å². The van der Waals surface area contributed by atoms with Crippen LogP contribution < -0.4 is 15.8 Å². The maximum absolute atomic E-state index is 13.8. The second-order valence-corrected chi connectivity index (χ2v) is 4.84. The van der Waals surface area contributed by atoms with Gasteiger partial charge < -0.3 is 15.8 Å². The van der Waals surface area contributed by atoms with Crippen molar-refractivity contribution in [3.8, 4) is 5.75 Å². The summed E-state index contributed by atoms with van der Waals surface area (Å²) in [5.74, 6) is -0.606. The molecule has 20 heavy (non-hydrogen) atoms. The number of hydrogen-bond donors (Lipinski definition) is 2. The molecule has 0 saturated heterocycles. The van der Waals surface area contributed by atoms with E-state index in [1.54, 1.807) is 19.1 Å². The molecule has 1 amide bonds. The monoisotopic (exact) mass is 282 g/mol. The first kappa shape index (κ1) is 16.4. The van der Waals surface area contributed by atoms with Gasteiger partial charge in [0, 0.05) is 6.04 Å². The molecule has 0 aromatic heterocycles. The third-order valence-electron chi connectivity index (χ3n) is 3.13. The molecule has 0 aliphatic carbocycles. The lowest BCUT2D eigenvalue weighted by molar-refractivity contribution is -0.128. The summed E-state index contributed by atoms with van der Waals surface area (Å²) in [6, 6.07) is 4.74. The molecule has 0 bridgehead atoms. The first-order valence-corrected chi connectivity index (χ1v) is 6.94. The lowest BCUT2D eigenvalue weighted by atomic mass is 10.1. The molecular weight excluding hydrogens is 259 g/mol. The van der Waals surface area contributed by atoms with Crippen molar-refractivity contribution in [3.05, 3.63) is 29.6 Å². The van der Waals surface area contributed by atoms with E-state index in [9.17, 15) is 9.18 Å². The molecule has 0 aliphatic heterocycles. The Hall–Kier alpha value is -1.62. The summed E-state index contributed by atoms with van der Waals surface area (Å²) >= 11 is 0. The smallest absolute Gasteiger partial charge is 0.260 e. The minimum absolute atomic E-state index is 0.0673.